The number of halogens is 1. The van der Waals surface area contributed by atoms with E-state index in [1.54, 1.807) is 0 Å². The van der Waals surface area contributed by atoms with Gasteiger partial charge in [0.2, 0.25) is 0 Å². The number of aliphatic hydroxyl groups is 1. The molecule has 2 aliphatic rings. The summed E-state index contributed by atoms with van der Waals surface area (Å²) in [5.74, 6) is 2.01. The summed E-state index contributed by atoms with van der Waals surface area (Å²) in [7, 11) is 0. The minimum absolute atomic E-state index is 0.148. The highest BCUT2D eigenvalue weighted by molar-refractivity contribution is 5.47. The van der Waals surface area contributed by atoms with E-state index in [2.05, 4.69) is 9.88 Å². The molecule has 1 aromatic heterocycles. The summed E-state index contributed by atoms with van der Waals surface area (Å²) in [4.78, 5) is 6.43. The number of nitrogens with zero attached hydrogens (tertiary/aromatic N) is 2. The van der Waals surface area contributed by atoms with Gasteiger partial charge in [-0.05, 0) is 30.7 Å². The van der Waals surface area contributed by atoms with Gasteiger partial charge in [0.1, 0.15) is 11.6 Å². The second-order valence-electron chi connectivity index (χ2n) is 5.83. The van der Waals surface area contributed by atoms with Gasteiger partial charge in [-0.25, -0.2) is 9.37 Å². The molecule has 1 saturated heterocycles. The van der Waals surface area contributed by atoms with Crippen LogP contribution in [0, 0.1) is 17.7 Å². The number of rotatable bonds is 2. The van der Waals surface area contributed by atoms with Crippen LogP contribution in [0.2, 0.25) is 0 Å². The predicted octanol–water partition coefficient (Wildman–Crippen LogP) is 2.73. The maximum atomic E-state index is 13.2. The van der Waals surface area contributed by atoms with Crippen molar-refractivity contribution in [2.75, 3.05) is 18.0 Å². The normalized spacial score (nSPS) is 27.2. The van der Waals surface area contributed by atoms with E-state index in [9.17, 15) is 9.50 Å². The van der Waals surface area contributed by atoms with E-state index in [-0.39, 0.29) is 12.4 Å². The van der Waals surface area contributed by atoms with Crippen molar-refractivity contribution in [2.45, 2.75) is 38.7 Å². The smallest absolute Gasteiger partial charge is 0.142 e. The Balaban J connectivity index is 1.79. The van der Waals surface area contributed by atoms with Crippen LogP contribution in [-0.4, -0.2) is 23.2 Å². The third-order valence-corrected chi connectivity index (χ3v) is 4.67. The van der Waals surface area contributed by atoms with Gasteiger partial charge in [0.05, 0.1) is 12.8 Å². The summed E-state index contributed by atoms with van der Waals surface area (Å²) >= 11 is 0. The molecule has 1 aromatic rings. The van der Waals surface area contributed by atoms with Crippen LogP contribution < -0.4 is 4.90 Å². The maximum absolute atomic E-state index is 13.2. The first kappa shape index (κ1) is 12.9. The Bertz CT molecular complexity index is 452. The highest BCUT2D eigenvalue weighted by Gasteiger charge is 2.32. The Morgan fingerprint density at radius 2 is 2.05 bits per heavy atom. The lowest BCUT2D eigenvalue weighted by molar-refractivity contribution is 0.201. The van der Waals surface area contributed by atoms with Gasteiger partial charge in [0, 0.05) is 18.7 Å². The van der Waals surface area contributed by atoms with Crippen LogP contribution in [0.3, 0.4) is 0 Å². The Hall–Kier alpha value is -1.16. The van der Waals surface area contributed by atoms with Crippen LogP contribution in [-0.2, 0) is 6.61 Å². The van der Waals surface area contributed by atoms with E-state index in [1.165, 1.54) is 44.4 Å². The zero-order chi connectivity index (χ0) is 13.2. The maximum Gasteiger partial charge on any atom is 0.142 e. The Morgan fingerprint density at radius 1 is 1.26 bits per heavy atom. The van der Waals surface area contributed by atoms with Gasteiger partial charge >= 0.3 is 0 Å². The lowest BCUT2D eigenvalue weighted by Crippen LogP contribution is -2.42. The predicted molar refractivity (Wildman–Crippen MR) is 72.4 cm³/mol. The molecule has 2 fully saturated rings. The first-order chi connectivity index (χ1) is 9.28. The number of piperidine rings is 1. The van der Waals surface area contributed by atoms with Crippen LogP contribution in [0.1, 0.15) is 37.7 Å². The fourth-order valence-electron chi connectivity index (χ4n) is 3.67. The molecule has 1 aliphatic heterocycles. The fourth-order valence-corrected chi connectivity index (χ4v) is 3.67. The molecule has 1 saturated carbocycles. The zero-order valence-corrected chi connectivity index (χ0v) is 11.2. The van der Waals surface area contributed by atoms with E-state index < -0.39 is 0 Å². The van der Waals surface area contributed by atoms with E-state index >= 15 is 0 Å². The van der Waals surface area contributed by atoms with Crippen molar-refractivity contribution in [3.8, 4) is 0 Å². The second-order valence-corrected chi connectivity index (χ2v) is 5.83. The summed E-state index contributed by atoms with van der Waals surface area (Å²) in [6, 6.07) is 1.40. The lowest BCUT2D eigenvalue weighted by atomic mass is 9.75. The van der Waals surface area contributed by atoms with Gasteiger partial charge in [-0.15, -0.1) is 0 Å². The van der Waals surface area contributed by atoms with Gasteiger partial charge in [-0.2, -0.15) is 0 Å². The number of hydrogen-bond acceptors (Lipinski definition) is 3. The van der Waals surface area contributed by atoms with Gasteiger partial charge in [0.25, 0.3) is 0 Å². The van der Waals surface area contributed by atoms with Crippen LogP contribution in [0.4, 0.5) is 10.2 Å². The first-order valence-electron chi connectivity index (χ1n) is 7.28. The molecule has 0 amide bonds. The first-order valence-corrected chi connectivity index (χ1v) is 7.28. The highest BCUT2D eigenvalue weighted by atomic mass is 19.1. The summed E-state index contributed by atoms with van der Waals surface area (Å²) in [6.07, 6.45) is 7.83. The molecular formula is C15H21FN2O. The minimum atomic E-state index is -0.375. The van der Waals surface area contributed by atoms with Crippen molar-refractivity contribution in [3.05, 3.63) is 23.6 Å². The lowest BCUT2D eigenvalue weighted by Gasteiger charge is -2.42. The molecule has 2 atom stereocenters. The molecule has 1 aliphatic carbocycles. The summed E-state index contributed by atoms with van der Waals surface area (Å²) in [5, 5.41) is 9.37. The molecule has 2 unspecified atom stereocenters. The monoisotopic (exact) mass is 264 g/mol. The van der Waals surface area contributed by atoms with Crippen molar-refractivity contribution in [1.82, 2.24) is 4.98 Å². The topological polar surface area (TPSA) is 36.4 Å². The van der Waals surface area contributed by atoms with Crippen molar-refractivity contribution in [2.24, 2.45) is 11.8 Å². The third-order valence-electron chi connectivity index (χ3n) is 4.67. The van der Waals surface area contributed by atoms with Gasteiger partial charge in [-0.3, -0.25) is 0 Å². The molecule has 0 radical (unpaired) electrons. The fraction of sp³-hybridized carbons (Fsp3) is 0.667. The largest absolute Gasteiger partial charge is 0.392 e. The van der Waals surface area contributed by atoms with Crippen molar-refractivity contribution < 1.29 is 9.50 Å². The summed E-state index contributed by atoms with van der Waals surface area (Å²) < 4.78 is 13.2. The number of fused-ring (bicyclic) bond motifs is 1. The number of pyridine rings is 1. The summed E-state index contributed by atoms with van der Waals surface area (Å²) in [5.41, 5.74) is 0.606. The van der Waals surface area contributed by atoms with Crippen LogP contribution in [0.25, 0.3) is 0 Å². The van der Waals surface area contributed by atoms with E-state index in [0.717, 1.165) is 30.7 Å². The molecule has 104 valence electrons. The van der Waals surface area contributed by atoms with Crippen molar-refractivity contribution in [3.63, 3.8) is 0 Å². The van der Waals surface area contributed by atoms with E-state index in [0.29, 0.717) is 5.56 Å². The van der Waals surface area contributed by atoms with Crippen LogP contribution in [0.5, 0.6) is 0 Å². The number of aromatic nitrogens is 1. The molecule has 3 nitrogen and oxygen atoms in total. The third kappa shape index (κ3) is 2.59. The molecule has 0 spiro atoms. The summed E-state index contributed by atoms with van der Waals surface area (Å²) in [6.45, 7) is 1.84. The van der Waals surface area contributed by atoms with E-state index in [4.69, 9.17) is 0 Å². The van der Waals surface area contributed by atoms with Crippen molar-refractivity contribution in [1.29, 1.82) is 0 Å². The quantitative estimate of drug-likeness (QED) is 0.892. The van der Waals surface area contributed by atoms with Gasteiger partial charge in [0.15, 0.2) is 0 Å². The van der Waals surface area contributed by atoms with Gasteiger partial charge < -0.3 is 10.0 Å². The van der Waals surface area contributed by atoms with Gasteiger partial charge in [-0.1, -0.05) is 19.3 Å². The van der Waals surface area contributed by atoms with E-state index in [1.807, 2.05) is 0 Å². The molecule has 2 heterocycles. The molecule has 0 aromatic carbocycles. The molecule has 4 heteroatoms. The molecular weight excluding hydrogens is 243 g/mol. The standard InChI is InChI=1S/C15H21FN2O/c16-14-7-13(10-19)15(17-8-14)18-6-5-11-3-1-2-4-12(11)9-18/h7-8,11-12,19H,1-6,9-10H2. The minimum Gasteiger partial charge on any atom is -0.392 e. The Kier molecular flexibility index (Phi) is 3.69. The second kappa shape index (κ2) is 5.45. The molecule has 0 bridgehead atoms. The molecule has 3 rings (SSSR count). The van der Waals surface area contributed by atoms with Crippen LogP contribution >= 0.6 is 0 Å². The highest BCUT2D eigenvalue weighted by Crippen LogP contribution is 2.37. The number of hydrogen-bond donors (Lipinski definition) is 1. The Morgan fingerprint density at radius 3 is 2.84 bits per heavy atom. The number of aliphatic hydroxyl groups excluding tert-OH is 1. The average molecular weight is 264 g/mol. The van der Waals surface area contributed by atoms with Crippen molar-refractivity contribution >= 4 is 5.82 Å². The molecule has 1 N–H and O–H groups in total. The zero-order valence-electron chi connectivity index (χ0n) is 11.2. The van der Waals surface area contributed by atoms with Crippen LogP contribution in [0.15, 0.2) is 12.3 Å². The SMILES string of the molecule is OCc1cc(F)cnc1N1CCC2CCCCC2C1. The number of anilines is 1. The Labute approximate surface area is 113 Å². The molecule has 19 heavy (non-hydrogen) atoms. The average Bonchev–Trinajstić information content (AvgIpc) is 2.46.